The lowest BCUT2D eigenvalue weighted by atomic mass is 9.81. The van der Waals surface area contributed by atoms with Crippen LogP contribution in [-0.4, -0.2) is 32.0 Å². The van der Waals surface area contributed by atoms with Crippen molar-refractivity contribution in [1.29, 1.82) is 0 Å². The smallest absolute Gasteiger partial charge is 0.177 e. The average molecular weight is 525 g/mol. The van der Waals surface area contributed by atoms with Crippen molar-refractivity contribution in [3.8, 4) is 0 Å². The Morgan fingerprint density at radius 1 is 0.806 bits per heavy atom. The third-order valence-corrected chi connectivity index (χ3v) is 7.36. The molecule has 3 rings (SSSR count). The van der Waals surface area contributed by atoms with E-state index in [1.807, 2.05) is 36.4 Å². The van der Waals surface area contributed by atoms with E-state index in [-0.39, 0.29) is 34.6 Å². The highest BCUT2D eigenvalue weighted by Gasteiger charge is 2.35. The lowest BCUT2D eigenvalue weighted by molar-refractivity contribution is 0.0849. The Morgan fingerprint density at radius 2 is 1.33 bits per heavy atom. The molecule has 3 aromatic rings. The Balaban J connectivity index is 2.27. The van der Waals surface area contributed by atoms with Gasteiger partial charge in [-0.2, -0.15) is 0 Å². The Morgan fingerprint density at radius 3 is 1.83 bits per heavy atom. The minimum atomic E-state index is -4.02. The molecule has 0 aliphatic rings. The first-order chi connectivity index (χ1) is 16.8. The molecule has 0 radical (unpaired) electrons. The first-order valence-electron chi connectivity index (χ1n) is 11.6. The van der Waals surface area contributed by atoms with Gasteiger partial charge in [0, 0.05) is 41.2 Å². The van der Waals surface area contributed by atoms with Crippen LogP contribution < -0.4 is 0 Å². The van der Waals surface area contributed by atoms with E-state index < -0.39 is 37.5 Å². The maximum absolute atomic E-state index is 13.7. The summed E-state index contributed by atoms with van der Waals surface area (Å²) in [5, 5.41) is -0.246. The lowest BCUT2D eigenvalue weighted by Crippen LogP contribution is -2.26. The quantitative estimate of drug-likeness (QED) is 0.310. The van der Waals surface area contributed by atoms with Gasteiger partial charge in [0.1, 0.15) is 0 Å². The van der Waals surface area contributed by atoms with Crippen LogP contribution in [0.2, 0.25) is 5.02 Å². The molecule has 0 N–H and O–H groups in total. The molecule has 7 heteroatoms. The standard InChI is InChI=1S/C29H29ClO5S/c1-29(2,3)28(33)21-18-22(30)27(36(4,34)35)26(23(31)16-15-19-11-7-5-8-12-19)25(21)24(32)17-20-13-9-6-10-14-20/h5-14,18H,15-17H2,1-4H3. The van der Waals surface area contributed by atoms with E-state index >= 15 is 0 Å². The van der Waals surface area contributed by atoms with Crippen LogP contribution in [-0.2, 0) is 22.7 Å². The molecule has 0 aliphatic heterocycles. The normalized spacial score (nSPS) is 11.8. The van der Waals surface area contributed by atoms with E-state index in [4.69, 9.17) is 11.6 Å². The predicted molar refractivity (Wildman–Crippen MR) is 142 cm³/mol. The Labute approximate surface area is 217 Å². The van der Waals surface area contributed by atoms with Gasteiger partial charge in [0.25, 0.3) is 0 Å². The van der Waals surface area contributed by atoms with Gasteiger partial charge in [-0.15, -0.1) is 0 Å². The maximum atomic E-state index is 13.7. The van der Waals surface area contributed by atoms with Crippen LogP contribution in [0.15, 0.2) is 71.6 Å². The zero-order valence-corrected chi connectivity index (χ0v) is 22.4. The van der Waals surface area contributed by atoms with Gasteiger partial charge >= 0.3 is 0 Å². The number of carbonyl (C=O) groups excluding carboxylic acids is 3. The van der Waals surface area contributed by atoms with E-state index in [9.17, 15) is 22.8 Å². The van der Waals surface area contributed by atoms with Crippen LogP contribution in [0.25, 0.3) is 0 Å². The first-order valence-corrected chi connectivity index (χ1v) is 13.8. The molecular formula is C29H29ClO5S. The van der Waals surface area contributed by atoms with Crippen LogP contribution >= 0.6 is 11.6 Å². The number of ketones is 3. The summed E-state index contributed by atoms with van der Waals surface area (Å²) in [6.45, 7) is 5.07. The van der Waals surface area contributed by atoms with Crippen LogP contribution in [0, 0.1) is 5.41 Å². The summed E-state index contributed by atoms with van der Waals surface area (Å²) in [6, 6.07) is 19.4. The van der Waals surface area contributed by atoms with E-state index in [1.165, 1.54) is 6.07 Å². The molecular weight excluding hydrogens is 496 g/mol. The third kappa shape index (κ3) is 6.37. The van der Waals surface area contributed by atoms with Crippen molar-refractivity contribution >= 4 is 38.8 Å². The van der Waals surface area contributed by atoms with Crippen molar-refractivity contribution in [3.05, 3.63) is 99.6 Å². The molecule has 0 unspecified atom stereocenters. The molecule has 0 saturated carbocycles. The Bertz CT molecular complexity index is 1400. The summed E-state index contributed by atoms with van der Waals surface area (Å²) in [7, 11) is -4.02. The minimum absolute atomic E-state index is 0.0381. The summed E-state index contributed by atoms with van der Waals surface area (Å²) >= 11 is 6.42. The highest BCUT2D eigenvalue weighted by Crippen LogP contribution is 2.36. The number of hydrogen-bond donors (Lipinski definition) is 0. The average Bonchev–Trinajstić information content (AvgIpc) is 2.81. The number of halogens is 1. The molecule has 0 aliphatic carbocycles. The van der Waals surface area contributed by atoms with Crippen molar-refractivity contribution in [2.75, 3.05) is 6.26 Å². The zero-order valence-electron chi connectivity index (χ0n) is 20.8. The molecule has 0 aromatic heterocycles. The van der Waals surface area contributed by atoms with Crippen molar-refractivity contribution in [3.63, 3.8) is 0 Å². The molecule has 0 saturated heterocycles. The number of hydrogen-bond acceptors (Lipinski definition) is 5. The summed E-state index contributed by atoms with van der Waals surface area (Å²) in [5.41, 5.74) is 0.148. The Hall–Kier alpha value is -3.09. The van der Waals surface area contributed by atoms with E-state index in [0.717, 1.165) is 11.8 Å². The first kappa shape index (κ1) is 27.5. The van der Waals surface area contributed by atoms with Crippen LogP contribution in [0.1, 0.15) is 69.4 Å². The molecule has 0 heterocycles. The fourth-order valence-electron chi connectivity index (χ4n) is 4.03. The number of Topliss-reactive ketones (excluding diaryl/α,β-unsaturated/α-hetero) is 3. The second kappa shape index (κ2) is 10.9. The number of rotatable bonds is 9. The molecule has 0 atom stereocenters. The number of benzene rings is 3. The molecule has 188 valence electrons. The molecule has 5 nitrogen and oxygen atoms in total. The van der Waals surface area contributed by atoms with Gasteiger partial charge in [0.2, 0.25) is 0 Å². The molecule has 0 spiro atoms. The van der Waals surface area contributed by atoms with Gasteiger partial charge in [-0.25, -0.2) is 8.42 Å². The minimum Gasteiger partial charge on any atom is -0.294 e. The maximum Gasteiger partial charge on any atom is 0.177 e. The fraction of sp³-hybridized carbons (Fsp3) is 0.276. The van der Waals surface area contributed by atoms with E-state index in [0.29, 0.717) is 12.0 Å². The van der Waals surface area contributed by atoms with Crippen molar-refractivity contribution in [1.82, 2.24) is 0 Å². The highest BCUT2D eigenvalue weighted by atomic mass is 35.5. The number of carbonyl (C=O) groups is 3. The van der Waals surface area contributed by atoms with Gasteiger partial charge in [0.15, 0.2) is 27.2 Å². The summed E-state index contributed by atoms with van der Waals surface area (Å²) in [5.74, 6) is -1.47. The predicted octanol–water partition coefficient (Wildman–Crippen LogP) is 6.21. The number of sulfone groups is 1. The van der Waals surface area contributed by atoms with Crippen molar-refractivity contribution in [2.24, 2.45) is 5.41 Å². The van der Waals surface area contributed by atoms with Gasteiger partial charge < -0.3 is 0 Å². The topological polar surface area (TPSA) is 85.3 Å². The van der Waals surface area contributed by atoms with Gasteiger partial charge in [-0.1, -0.05) is 93.0 Å². The molecule has 0 amide bonds. The fourth-order valence-corrected chi connectivity index (χ4v) is 5.65. The lowest BCUT2D eigenvalue weighted by Gasteiger charge is -2.22. The molecule has 0 bridgehead atoms. The largest absolute Gasteiger partial charge is 0.294 e. The van der Waals surface area contributed by atoms with Crippen molar-refractivity contribution in [2.45, 2.75) is 44.9 Å². The second-order valence-corrected chi connectivity index (χ2v) is 12.2. The van der Waals surface area contributed by atoms with E-state index in [1.54, 1.807) is 45.0 Å². The van der Waals surface area contributed by atoms with E-state index in [2.05, 4.69) is 0 Å². The van der Waals surface area contributed by atoms with Crippen LogP contribution in [0.5, 0.6) is 0 Å². The monoisotopic (exact) mass is 524 g/mol. The Kier molecular flexibility index (Phi) is 8.32. The summed E-state index contributed by atoms with van der Waals surface area (Å²) in [4.78, 5) is 40.4. The summed E-state index contributed by atoms with van der Waals surface area (Å²) in [6.07, 6.45) is 1.12. The van der Waals surface area contributed by atoms with Gasteiger partial charge in [0.05, 0.1) is 9.92 Å². The van der Waals surface area contributed by atoms with Gasteiger partial charge in [-0.3, -0.25) is 14.4 Å². The molecule has 0 fully saturated rings. The number of aryl methyl sites for hydroxylation is 1. The molecule has 36 heavy (non-hydrogen) atoms. The van der Waals surface area contributed by atoms with Gasteiger partial charge in [-0.05, 0) is 23.6 Å². The second-order valence-electron chi connectivity index (χ2n) is 9.83. The van der Waals surface area contributed by atoms with Crippen molar-refractivity contribution < 1.29 is 22.8 Å². The highest BCUT2D eigenvalue weighted by molar-refractivity contribution is 7.91. The van der Waals surface area contributed by atoms with Crippen LogP contribution in [0.3, 0.4) is 0 Å². The third-order valence-electron chi connectivity index (χ3n) is 5.78. The SMILES string of the molecule is CC(C)(C)C(=O)c1cc(Cl)c(S(C)(=O)=O)c(C(=O)CCc2ccccc2)c1C(=O)Cc1ccccc1. The van der Waals surface area contributed by atoms with Crippen LogP contribution in [0.4, 0.5) is 0 Å². The molecule has 3 aromatic carbocycles. The zero-order chi connectivity index (χ0) is 26.7. The summed E-state index contributed by atoms with van der Waals surface area (Å²) < 4.78 is 25.7.